The highest BCUT2D eigenvalue weighted by Gasteiger charge is 2.23. The Morgan fingerprint density at radius 3 is 3.11 bits per heavy atom. The molecule has 0 aromatic heterocycles. The van der Waals surface area contributed by atoms with Crippen LogP contribution < -0.4 is 5.73 Å². The predicted octanol–water partition coefficient (Wildman–Crippen LogP) is 0.554. The Labute approximate surface area is 106 Å². The van der Waals surface area contributed by atoms with E-state index in [0.717, 1.165) is 0 Å². The van der Waals surface area contributed by atoms with Gasteiger partial charge in [0.25, 0.3) is 0 Å². The number of halogens is 1. The van der Waals surface area contributed by atoms with E-state index in [9.17, 15) is 9.18 Å². The number of nitrogens with zero attached hydrogens (tertiary/aromatic N) is 1. The third kappa shape index (κ3) is 3.27. The van der Waals surface area contributed by atoms with E-state index in [2.05, 4.69) is 0 Å². The lowest BCUT2D eigenvalue weighted by molar-refractivity contribution is -0.137. The second-order valence-electron chi connectivity index (χ2n) is 4.37. The maximum absolute atomic E-state index is 13.0. The highest BCUT2D eigenvalue weighted by Crippen LogP contribution is 2.09. The van der Waals surface area contributed by atoms with Crippen LogP contribution in [0.3, 0.4) is 0 Å². The summed E-state index contributed by atoms with van der Waals surface area (Å²) in [4.78, 5) is 13.8. The first-order valence-corrected chi connectivity index (χ1v) is 6.03. The summed E-state index contributed by atoms with van der Waals surface area (Å²) in [5.41, 5.74) is 6.22. The molecule has 98 valence electrons. The second-order valence-corrected chi connectivity index (χ2v) is 4.37. The molecule has 2 N–H and O–H groups in total. The van der Waals surface area contributed by atoms with E-state index in [1.807, 2.05) is 0 Å². The van der Waals surface area contributed by atoms with E-state index in [1.165, 1.54) is 12.1 Å². The molecule has 1 saturated heterocycles. The first kappa shape index (κ1) is 13.0. The van der Waals surface area contributed by atoms with Gasteiger partial charge in [-0.05, 0) is 17.7 Å². The maximum atomic E-state index is 13.0. The fourth-order valence-corrected chi connectivity index (χ4v) is 2.02. The molecule has 4 nitrogen and oxygen atoms in total. The summed E-state index contributed by atoms with van der Waals surface area (Å²) in [6.45, 7) is 2.01. The van der Waals surface area contributed by atoms with Crippen molar-refractivity contribution in [1.82, 2.24) is 4.90 Å². The van der Waals surface area contributed by atoms with Gasteiger partial charge >= 0.3 is 0 Å². The first-order valence-electron chi connectivity index (χ1n) is 6.03. The molecule has 5 heteroatoms. The average Bonchev–Trinajstić information content (AvgIpc) is 2.39. The van der Waals surface area contributed by atoms with E-state index < -0.39 is 0 Å². The molecule has 1 heterocycles. The molecule has 1 aromatic carbocycles. The minimum absolute atomic E-state index is 0.0117. The van der Waals surface area contributed by atoms with Gasteiger partial charge in [-0.3, -0.25) is 4.79 Å². The summed E-state index contributed by atoms with van der Waals surface area (Å²) < 4.78 is 18.4. The van der Waals surface area contributed by atoms with Crippen LogP contribution in [0.5, 0.6) is 0 Å². The number of ether oxygens (including phenoxy) is 1. The summed E-state index contributed by atoms with van der Waals surface area (Å²) in [6.07, 6.45) is 0.130. The van der Waals surface area contributed by atoms with Crippen molar-refractivity contribution in [3.05, 3.63) is 35.6 Å². The standard InChI is InChI=1S/C13H17FN2O2/c14-11-3-1-2-10(6-11)7-13(17)16-4-5-18-12(8-15)9-16/h1-3,6,12H,4-5,7-9,15H2/t12-/m1/s1. The fraction of sp³-hybridized carbons (Fsp3) is 0.462. The second kappa shape index (κ2) is 5.93. The molecule has 0 saturated carbocycles. The summed E-state index contributed by atoms with van der Waals surface area (Å²) in [7, 11) is 0. The van der Waals surface area contributed by atoms with Crippen molar-refractivity contribution in [2.75, 3.05) is 26.2 Å². The van der Waals surface area contributed by atoms with Gasteiger partial charge in [-0.25, -0.2) is 4.39 Å². The van der Waals surface area contributed by atoms with Crippen LogP contribution in [-0.4, -0.2) is 43.2 Å². The largest absolute Gasteiger partial charge is 0.373 e. The highest BCUT2D eigenvalue weighted by molar-refractivity contribution is 5.78. The molecule has 0 aliphatic carbocycles. The SMILES string of the molecule is NC[C@@H]1CN(C(=O)Cc2cccc(F)c2)CCO1. The number of amides is 1. The van der Waals surface area contributed by atoms with Crippen molar-refractivity contribution in [2.45, 2.75) is 12.5 Å². The van der Waals surface area contributed by atoms with E-state index in [-0.39, 0.29) is 24.2 Å². The molecule has 1 atom stereocenters. The molecule has 18 heavy (non-hydrogen) atoms. The number of carbonyl (C=O) groups excluding carboxylic acids is 1. The molecule has 0 unspecified atom stereocenters. The van der Waals surface area contributed by atoms with Crippen molar-refractivity contribution in [3.8, 4) is 0 Å². The van der Waals surface area contributed by atoms with Crippen molar-refractivity contribution in [2.24, 2.45) is 5.73 Å². The molecule has 1 aliphatic heterocycles. The van der Waals surface area contributed by atoms with Crippen molar-refractivity contribution in [3.63, 3.8) is 0 Å². The Morgan fingerprint density at radius 2 is 2.39 bits per heavy atom. The summed E-state index contributed by atoms with van der Waals surface area (Å²) in [6, 6.07) is 6.12. The number of rotatable bonds is 3. The summed E-state index contributed by atoms with van der Waals surface area (Å²) in [5, 5.41) is 0. The summed E-state index contributed by atoms with van der Waals surface area (Å²) in [5.74, 6) is -0.329. The van der Waals surface area contributed by atoms with Crippen molar-refractivity contribution in [1.29, 1.82) is 0 Å². The minimum Gasteiger partial charge on any atom is -0.373 e. The van der Waals surface area contributed by atoms with Gasteiger partial charge in [-0.1, -0.05) is 12.1 Å². The Bertz CT molecular complexity index is 425. The van der Waals surface area contributed by atoms with Crippen molar-refractivity contribution >= 4 is 5.91 Å². The molecule has 1 aromatic rings. The smallest absolute Gasteiger partial charge is 0.227 e. The van der Waals surface area contributed by atoms with Crippen LogP contribution in [0.25, 0.3) is 0 Å². The van der Waals surface area contributed by atoms with E-state index in [4.69, 9.17) is 10.5 Å². The monoisotopic (exact) mass is 252 g/mol. The molecule has 1 amide bonds. The van der Waals surface area contributed by atoms with Gasteiger partial charge in [0.15, 0.2) is 0 Å². The molecule has 0 bridgehead atoms. The molecular weight excluding hydrogens is 235 g/mol. The van der Waals surface area contributed by atoms with Crippen LogP contribution in [0.2, 0.25) is 0 Å². The van der Waals surface area contributed by atoms with Gasteiger partial charge in [0.2, 0.25) is 5.91 Å². The van der Waals surface area contributed by atoms with Gasteiger partial charge in [0, 0.05) is 19.6 Å². The molecule has 1 fully saturated rings. The molecule has 1 aliphatic rings. The number of benzene rings is 1. The molecular formula is C13H17FN2O2. The third-order valence-corrected chi connectivity index (χ3v) is 3.00. The Hall–Kier alpha value is -1.46. The fourth-order valence-electron chi connectivity index (χ4n) is 2.02. The maximum Gasteiger partial charge on any atom is 0.227 e. The zero-order valence-corrected chi connectivity index (χ0v) is 10.1. The number of hydrogen-bond acceptors (Lipinski definition) is 3. The highest BCUT2D eigenvalue weighted by atomic mass is 19.1. The van der Waals surface area contributed by atoms with Gasteiger partial charge in [0.1, 0.15) is 5.82 Å². The van der Waals surface area contributed by atoms with Gasteiger partial charge in [0.05, 0.1) is 19.1 Å². The van der Waals surface area contributed by atoms with E-state index >= 15 is 0 Å². The zero-order valence-electron chi connectivity index (χ0n) is 10.1. The normalized spacial score (nSPS) is 19.9. The third-order valence-electron chi connectivity index (χ3n) is 3.00. The molecule has 0 spiro atoms. The van der Waals surface area contributed by atoms with Crippen LogP contribution in [0.1, 0.15) is 5.56 Å². The predicted molar refractivity (Wildman–Crippen MR) is 65.5 cm³/mol. The van der Waals surface area contributed by atoms with E-state index in [1.54, 1.807) is 17.0 Å². The molecule has 0 radical (unpaired) electrons. The number of carbonyl (C=O) groups is 1. The number of morpholine rings is 1. The topological polar surface area (TPSA) is 55.6 Å². The summed E-state index contributed by atoms with van der Waals surface area (Å²) >= 11 is 0. The average molecular weight is 252 g/mol. The lowest BCUT2D eigenvalue weighted by Crippen LogP contribution is -2.48. The van der Waals surface area contributed by atoms with Crippen LogP contribution >= 0.6 is 0 Å². The van der Waals surface area contributed by atoms with Crippen LogP contribution in [-0.2, 0) is 16.0 Å². The van der Waals surface area contributed by atoms with Gasteiger partial charge < -0.3 is 15.4 Å². The van der Waals surface area contributed by atoms with Gasteiger partial charge in [-0.15, -0.1) is 0 Å². The lowest BCUT2D eigenvalue weighted by atomic mass is 10.1. The Morgan fingerprint density at radius 1 is 1.56 bits per heavy atom. The van der Waals surface area contributed by atoms with Crippen LogP contribution in [0.15, 0.2) is 24.3 Å². The molecule has 2 rings (SSSR count). The number of hydrogen-bond donors (Lipinski definition) is 1. The lowest BCUT2D eigenvalue weighted by Gasteiger charge is -2.32. The van der Waals surface area contributed by atoms with Crippen molar-refractivity contribution < 1.29 is 13.9 Å². The van der Waals surface area contributed by atoms with Gasteiger partial charge in [-0.2, -0.15) is 0 Å². The number of nitrogens with two attached hydrogens (primary N) is 1. The Balaban J connectivity index is 1.95. The van der Waals surface area contributed by atoms with Crippen LogP contribution in [0.4, 0.5) is 4.39 Å². The Kier molecular flexibility index (Phi) is 4.28. The van der Waals surface area contributed by atoms with E-state index in [0.29, 0.717) is 31.8 Å². The zero-order chi connectivity index (χ0) is 13.0. The first-order chi connectivity index (χ1) is 8.69. The minimum atomic E-state index is -0.317. The van der Waals surface area contributed by atoms with Crippen LogP contribution in [0, 0.1) is 5.82 Å². The quantitative estimate of drug-likeness (QED) is 0.855.